The van der Waals surface area contributed by atoms with Gasteiger partial charge in [-0.2, -0.15) is 5.26 Å². The Bertz CT molecular complexity index is 1290. The molecule has 3 aromatic rings. The maximum atomic E-state index is 13.5. The van der Waals surface area contributed by atoms with E-state index in [1.54, 1.807) is 49.6 Å². The van der Waals surface area contributed by atoms with Gasteiger partial charge in [0.2, 0.25) is 11.3 Å². The Balaban J connectivity index is 1.92. The summed E-state index contributed by atoms with van der Waals surface area (Å²) in [6, 6.07) is 14.3. The first-order valence-corrected chi connectivity index (χ1v) is 10.5. The van der Waals surface area contributed by atoms with Crippen molar-refractivity contribution in [2.24, 2.45) is 5.73 Å². The van der Waals surface area contributed by atoms with E-state index in [-0.39, 0.29) is 28.4 Å². The number of ether oxygens (including phenoxy) is 3. The summed E-state index contributed by atoms with van der Waals surface area (Å²) < 4.78 is 22.9. The molecule has 1 aliphatic rings. The molecule has 0 unspecified atom stereocenters. The van der Waals surface area contributed by atoms with Crippen molar-refractivity contribution in [2.45, 2.75) is 32.1 Å². The van der Waals surface area contributed by atoms with Crippen LogP contribution in [0.1, 0.15) is 43.2 Å². The third-order valence-corrected chi connectivity index (χ3v) is 5.50. The Kier molecular flexibility index (Phi) is 6.04. The highest BCUT2D eigenvalue weighted by Crippen LogP contribution is 2.45. The molecule has 7 nitrogen and oxygen atoms in total. The second kappa shape index (κ2) is 9.06. The van der Waals surface area contributed by atoms with Crippen LogP contribution in [0.15, 0.2) is 63.1 Å². The molecule has 0 saturated carbocycles. The monoisotopic (exact) mass is 432 g/mol. The van der Waals surface area contributed by atoms with Crippen LogP contribution in [-0.4, -0.2) is 13.7 Å². The lowest BCUT2D eigenvalue weighted by Gasteiger charge is -2.26. The molecule has 0 aliphatic carbocycles. The Morgan fingerprint density at radius 1 is 1.19 bits per heavy atom. The maximum absolute atomic E-state index is 13.5. The van der Waals surface area contributed by atoms with Crippen LogP contribution in [0.2, 0.25) is 0 Å². The number of benzene rings is 2. The zero-order valence-corrected chi connectivity index (χ0v) is 18.0. The van der Waals surface area contributed by atoms with Gasteiger partial charge >= 0.3 is 0 Å². The van der Waals surface area contributed by atoms with Crippen LogP contribution in [-0.2, 0) is 0 Å². The van der Waals surface area contributed by atoms with Gasteiger partial charge in [0.1, 0.15) is 28.7 Å². The first-order chi connectivity index (χ1) is 15.6. The fourth-order valence-corrected chi connectivity index (χ4v) is 3.87. The van der Waals surface area contributed by atoms with E-state index in [2.05, 4.69) is 13.0 Å². The number of fused-ring (bicyclic) bond motifs is 2. The molecular weight excluding hydrogens is 408 g/mol. The summed E-state index contributed by atoms with van der Waals surface area (Å²) in [5.74, 6) is 0.217. The van der Waals surface area contributed by atoms with E-state index >= 15 is 0 Å². The lowest BCUT2D eigenvalue weighted by Crippen LogP contribution is -2.27. The van der Waals surface area contributed by atoms with Gasteiger partial charge in [-0.3, -0.25) is 4.79 Å². The maximum Gasteiger partial charge on any atom is 0.300 e. The van der Waals surface area contributed by atoms with Crippen molar-refractivity contribution >= 4 is 11.0 Å². The number of nitrogens with two attached hydrogens (primary N) is 1. The van der Waals surface area contributed by atoms with Gasteiger partial charge in [0.25, 0.3) is 5.95 Å². The van der Waals surface area contributed by atoms with Gasteiger partial charge in [-0.05, 0) is 24.6 Å². The summed E-state index contributed by atoms with van der Waals surface area (Å²) in [5.41, 5.74) is 7.15. The molecule has 0 saturated heterocycles. The van der Waals surface area contributed by atoms with E-state index in [0.717, 1.165) is 19.3 Å². The van der Waals surface area contributed by atoms with E-state index in [0.29, 0.717) is 34.6 Å². The number of hydrogen-bond acceptors (Lipinski definition) is 7. The van der Waals surface area contributed by atoms with Gasteiger partial charge < -0.3 is 24.4 Å². The summed E-state index contributed by atoms with van der Waals surface area (Å²) in [6.07, 6.45) is 2.98. The quantitative estimate of drug-likeness (QED) is 0.544. The van der Waals surface area contributed by atoms with Crippen LogP contribution < -0.4 is 25.4 Å². The molecule has 0 radical (unpaired) electrons. The average Bonchev–Trinajstić information content (AvgIpc) is 2.81. The molecule has 164 valence electrons. The largest absolute Gasteiger partial charge is 0.497 e. The normalized spacial score (nSPS) is 15.1. The molecule has 0 amide bonds. The SMILES string of the molecule is CCCCCOc1cc(OC)ccc1[C@@H]1C(C#N)=C(N)Oc2oc3ccccc3c(=O)c21. The summed E-state index contributed by atoms with van der Waals surface area (Å²) in [5, 5.41) is 10.3. The molecule has 2 N–H and O–H groups in total. The highest BCUT2D eigenvalue weighted by Gasteiger charge is 2.37. The lowest BCUT2D eigenvalue weighted by atomic mass is 9.83. The topological polar surface area (TPSA) is 108 Å². The zero-order valence-electron chi connectivity index (χ0n) is 18.0. The molecule has 1 aliphatic heterocycles. The molecule has 7 heteroatoms. The number of unbranched alkanes of at least 4 members (excludes halogenated alkanes) is 2. The minimum absolute atomic E-state index is 0.0112. The number of rotatable bonds is 7. The molecule has 32 heavy (non-hydrogen) atoms. The van der Waals surface area contributed by atoms with Crippen molar-refractivity contribution in [3.8, 4) is 23.5 Å². The Labute approximate surface area is 185 Å². The van der Waals surface area contributed by atoms with Gasteiger partial charge in [-0.25, -0.2) is 0 Å². The standard InChI is InChI=1S/C25H24N2O5/c1-3-4-7-12-30-20-13-15(29-2)10-11-16(20)21-18(14-26)24(27)32-25-22(21)23(28)17-8-5-6-9-19(17)31-25/h5-6,8-11,13,21H,3-4,7,12,27H2,1-2H3/t21-/m1/s1. The Hall–Kier alpha value is -3.92. The first-order valence-electron chi connectivity index (χ1n) is 10.5. The predicted octanol–water partition coefficient (Wildman–Crippen LogP) is 4.59. The number of nitriles is 1. The van der Waals surface area contributed by atoms with E-state index in [9.17, 15) is 10.1 Å². The van der Waals surface area contributed by atoms with Crippen LogP contribution >= 0.6 is 0 Å². The summed E-state index contributed by atoms with van der Waals surface area (Å²) in [7, 11) is 1.57. The summed E-state index contributed by atoms with van der Waals surface area (Å²) in [6.45, 7) is 2.61. The first kappa shape index (κ1) is 21.3. The molecule has 0 spiro atoms. The summed E-state index contributed by atoms with van der Waals surface area (Å²) >= 11 is 0. The molecule has 1 aromatic heterocycles. The predicted molar refractivity (Wildman–Crippen MR) is 120 cm³/mol. The molecular formula is C25H24N2O5. The van der Waals surface area contributed by atoms with Crippen molar-refractivity contribution in [3.05, 3.63) is 75.3 Å². The van der Waals surface area contributed by atoms with E-state index in [1.807, 2.05) is 0 Å². The van der Waals surface area contributed by atoms with Crippen LogP contribution in [0.5, 0.6) is 17.4 Å². The third kappa shape index (κ3) is 3.76. The molecule has 2 heterocycles. The Morgan fingerprint density at radius 2 is 2.00 bits per heavy atom. The van der Waals surface area contributed by atoms with Crippen molar-refractivity contribution in [2.75, 3.05) is 13.7 Å². The zero-order chi connectivity index (χ0) is 22.7. The highest BCUT2D eigenvalue weighted by molar-refractivity contribution is 5.78. The van der Waals surface area contributed by atoms with Gasteiger partial charge in [0.05, 0.1) is 30.6 Å². The number of nitrogens with zero attached hydrogens (tertiary/aromatic N) is 1. The third-order valence-electron chi connectivity index (χ3n) is 5.50. The fraction of sp³-hybridized carbons (Fsp3) is 0.280. The summed E-state index contributed by atoms with van der Waals surface area (Å²) in [4.78, 5) is 13.5. The number of para-hydroxylation sites is 1. The van der Waals surface area contributed by atoms with E-state index in [1.165, 1.54) is 0 Å². The lowest BCUT2D eigenvalue weighted by molar-refractivity contribution is 0.289. The number of allylic oxidation sites excluding steroid dienone is 1. The van der Waals surface area contributed by atoms with Crippen molar-refractivity contribution in [1.82, 2.24) is 0 Å². The number of hydrogen-bond donors (Lipinski definition) is 1. The Morgan fingerprint density at radius 3 is 2.75 bits per heavy atom. The average molecular weight is 432 g/mol. The molecule has 1 atom stereocenters. The molecule has 0 bridgehead atoms. The van der Waals surface area contributed by atoms with Gasteiger partial charge in [0.15, 0.2) is 0 Å². The minimum Gasteiger partial charge on any atom is -0.497 e. The molecule has 4 rings (SSSR count). The van der Waals surface area contributed by atoms with Gasteiger partial charge in [0, 0.05) is 11.6 Å². The second-order valence-electron chi connectivity index (χ2n) is 7.51. The van der Waals surface area contributed by atoms with Crippen LogP contribution in [0.25, 0.3) is 11.0 Å². The van der Waals surface area contributed by atoms with Crippen LogP contribution in [0.3, 0.4) is 0 Å². The second-order valence-corrected chi connectivity index (χ2v) is 7.51. The van der Waals surface area contributed by atoms with E-state index < -0.39 is 5.92 Å². The van der Waals surface area contributed by atoms with Crippen molar-refractivity contribution < 1.29 is 18.6 Å². The molecule has 2 aromatic carbocycles. The van der Waals surface area contributed by atoms with Crippen LogP contribution in [0.4, 0.5) is 0 Å². The highest BCUT2D eigenvalue weighted by atomic mass is 16.6. The number of methoxy groups -OCH3 is 1. The minimum atomic E-state index is -0.795. The van der Waals surface area contributed by atoms with Gasteiger partial charge in [-0.1, -0.05) is 38.0 Å². The smallest absolute Gasteiger partial charge is 0.300 e. The molecule has 0 fully saturated rings. The van der Waals surface area contributed by atoms with Crippen molar-refractivity contribution in [3.63, 3.8) is 0 Å². The van der Waals surface area contributed by atoms with Crippen LogP contribution in [0, 0.1) is 11.3 Å². The van der Waals surface area contributed by atoms with Crippen molar-refractivity contribution in [1.29, 1.82) is 5.26 Å². The van der Waals surface area contributed by atoms with Gasteiger partial charge in [-0.15, -0.1) is 0 Å². The van der Waals surface area contributed by atoms with E-state index in [4.69, 9.17) is 24.4 Å². The fourth-order valence-electron chi connectivity index (χ4n) is 3.87.